The minimum atomic E-state index is -0.325. The molecule has 0 atom stereocenters. The van der Waals surface area contributed by atoms with E-state index in [4.69, 9.17) is 0 Å². The summed E-state index contributed by atoms with van der Waals surface area (Å²) in [5, 5.41) is 19.2. The van der Waals surface area contributed by atoms with Crippen LogP contribution >= 0.6 is 23.1 Å². The maximum Gasteiger partial charge on any atom is 0.257 e. The molecule has 1 aliphatic rings. The van der Waals surface area contributed by atoms with Crippen molar-refractivity contribution in [3.8, 4) is 11.3 Å². The van der Waals surface area contributed by atoms with Gasteiger partial charge in [-0.25, -0.2) is 4.98 Å². The van der Waals surface area contributed by atoms with Gasteiger partial charge in [0, 0.05) is 41.4 Å². The number of nitrogens with zero attached hydrogens (tertiary/aromatic N) is 4. The van der Waals surface area contributed by atoms with Crippen molar-refractivity contribution in [3.05, 3.63) is 65.3 Å². The number of thioether (sulfide) groups is 1. The van der Waals surface area contributed by atoms with E-state index < -0.39 is 0 Å². The number of anilines is 3. The van der Waals surface area contributed by atoms with Crippen LogP contribution in [0.25, 0.3) is 11.3 Å². The highest BCUT2D eigenvalue weighted by molar-refractivity contribution is 7.99. The van der Waals surface area contributed by atoms with E-state index in [1.165, 1.54) is 23.1 Å². The molecule has 3 heterocycles. The predicted octanol–water partition coefficient (Wildman–Crippen LogP) is 3.81. The lowest BCUT2D eigenvalue weighted by Gasteiger charge is -2.17. The van der Waals surface area contributed by atoms with E-state index in [0.717, 1.165) is 22.5 Å². The van der Waals surface area contributed by atoms with Gasteiger partial charge >= 0.3 is 0 Å². The first-order valence-electron chi connectivity index (χ1n) is 11.0. The minimum Gasteiger partial charge on any atom is -0.326 e. The van der Waals surface area contributed by atoms with Crippen molar-refractivity contribution in [1.29, 1.82) is 0 Å². The Bertz CT molecular complexity index is 1460. The number of aryl methyl sites for hydroxylation is 2. The van der Waals surface area contributed by atoms with Gasteiger partial charge in [0.25, 0.3) is 5.91 Å². The summed E-state index contributed by atoms with van der Waals surface area (Å²) < 4.78 is 1.73. The van der Waals surface area contributed by atoms with E-state index in [1.807, 2.05) is 23.6 Å². The van der Waals surface area contributed by atoms with Crippen LogP contribution in [-0.2, 0) is 23.1 Å². The monoisotopic (exact) mass is 519 g/mol. The van der Waals surface area contributed by atoms with Crippen LogP contribution in [0, 0.1) is 0 Å². The van der Waals surface area contributed by atoms with Crippen LogP contribution in [0.1, 0.15) is 22.3 Å². The molecule has 0 saturated carbocycles. The van der Waals surface area contributed by atoms with Gasteiger partial charge in [0.15, 0.2) is 10.3 Å². The maximum atomic E-state index is 12.8. The summed E-state index contributed by atoms with van der Waals surface area (Å²) in [6.45, 7) is 0. The predicted molar refractivity (Wildman–Crippen MR) is 139 cm³/mol. The van der Waals surface area contributed by atoms with Crippen molar-refractivity contribution >= 4 is 57.3 Å². The number of rotatable bonds is 7. The van der Waals surface area contributed by atoms with Gasteiger partial charge in [0.2, 0.25) is 11.8 Å². The molecular weight excluding hydrogens is 498 g/mol. The van der Waals surface area contributed by atoms with Crippen molar-refractivity contribution < 1.29 is 14.4 Å². The van der Waals surface area contributed by atoms with Crippen molar-refractivity contribution in [2.45, 2.75) is 18.0 Å². The molecule has 0 bridgehead atoms. The van der Waals surface area contributed by atoms with Crippen LogP contribution in [0.4, 0.5) is 16.5 Å². The highest BCUT2D eigenvalue weighted by atomic mass is 32.2. The number of thiazole rings is 1. The van der Waals surface area contributed by atoms with E-state index in [2.05, 4.69) is 31.1 Å². The number of benzene rings is 2. The Labute approximate surface area is 214 Å². The van der Waals surface area contributed by atoms with Gasteiger partial charge in [-0.05, 0) is 42.3 Å². The number of nitrogens with one attached hydrogen (secondary N) is 3. The summed E-state index contributed by atoms with van der Waals surface area (Å²) in [6.07, 6.45) is 2.73. The van der Waals surface area contributed by atoms with Gasteiger partial charge in [-0.15, -0.1) is 21.5 Å². The van der Waals surface area contributed by atoms with Crippen molar-refractivity contribution in [1.82, 2.24) is 19.7 Å². The molecular formula is C24H21N7O3S2. The molecule has 10 nitrogen and oxygen atoms in total. The number of fused-ring (bicyclic) bond motifs is 1. The van der Waals surface area contributed by atoms with E-state index in [0.29, 0.717) is 34.4 Å². The van der Waals surface area contributed by atoms with Crippen molar-refractivity contribution in [3.63, 3.8) is 0 Å². The standard InChI is InChI=1S/C24H21N7O3S2/c1-31-13-25-30-24(31)36-12-21(33)26-17-4-2-3-16(10-17)22(34)29-23-28-19(11-35-23)15-5-7-18-14(9-15)6-8-20(32)27-18/h2-5,7,9-11,13H,6,8,12H2,1H3,(H,26,33)(H,27,32)(H,28,29,34). The molecule has 0 aliphatic carbocycles. The van der Waals surface area contributed by atoms with Gasteiger partial charge in [0.05, 0.1) is 11.4 Å². The fourth-order valence-corrected chi connectivity index (χ4v) is 5.05. The number of amides is 3. The smallest absolute Gasteiger partial charge is 0.257 e. The van der Waals surface area contributed by atoms with Crippen molar-refractivity contribution in [2.24, 2.45) is 7.05 Å². The average Bonchev–Trinajstić information content (AvgIpc) is 3.51. The molecule has 0 radical (unpaired) electrons. The van der Waals surface area contributed by atoms with Gasteiger partial charge < -0.3 is 15.2 Å². The Balaban J connectivity index is 1.21. The van der Waals surface area contributed by atoms with Gasteiger partial charge in [-0.2, -0.15) is 0 Å². The number of carbonyl (C=O) groups excluding carboxylic acids is 3. The topological polar surface area (TPSA) is 131 Å². The van der Waals surface area contributed by atoms with Crippen LogP contribution in [0.5, 0.6) is 0 Å². The average molecular weight is 520 g/mol. The summed E-state index contributed by atoms with van der Waals surface area (Å²) >= 11 is 2.60. The number of carbonyl (C=O) groups is 3. The van der Waals surface area contributed by atoms with Crippen LogP contribution < -0.4 is 16.0 Å². The zero-order valence-electron chi connectivity index (χ0n) is 19.1. The molecule has 182 valence electrons. The zero-order valence-corrected chi connectivity index (χ0v) is 20.8. The third kappa shape index (κ3) is 5.44. The lowest BCUT2D eigenvalue weighted by atomic mass is 9.99. The highest BCUT2D eigenvalue weighted by Crippen LogP contribution is 2.31. The second kappa shape index (κ2) is 10.3. The molecule has 5 rings (SSSR count). The summed E-state index contributed by atoms with van der Waals surface area (Å²) in [7, 11) is 1.81. The van der Waals surface area contributed by atoms with E-state index in [1.54, 1.807) is 42.2 Å². The lowest BCUT2D eigenvalue weighted by molar-refractivity contribution is -0.116. The zero-order chi connectivity index (χ0) is 25.1. The van der Waals surface area contributed by atoms with Gasteiger partial charge in [-0.3, -0.25) is 19.7 Å². The Morgan fingerprint density at radius 3 is 2.89 bits per heavy atom. The Kier molecular flexibility index (Phi) is 6.78. The molecule has 36 heavy (non-hydrogen) atoms. The van der Waals surface area contributed by atoms with Gasteiger partial charge in [-0.1, -0.05) is 23.9 Å². The van der Waals surface area contributed by atoms with E-state index in [-0.39, 0.29) is 23.5 Å². The Morgan fingerprint density at radius 2 is 2.06 bits per heavy atom. The van der Waals surface area contributed by atoms with Crippen LogP contribution in [0.3, 0.4) is 0 Å². The molecule has 2 aromatic heterocycles. The number of aromatic nitrogens is 4. The molecule has 3 N–H and O–H groups in total. The third-order valence-corrected chi connectivity index (χ3v) is 7.22. The summed E-state index contributed by atoms with van der Waals surface area (Å²) in [4.78, 5) is 41.3. The fraction of sp³-hybridized carbons (Fsp3) is 0.167. The van der Waals surface area contributed by atoms with Crippen LogP contribution in [0.15, 0.2) is 59.3 Å². The van der Waals surface area contributed by atoms with Crippen molar-refractivity contribution in [2.75, 3.05) is 21.7 Å². The first kappa shape index (κ1) is 23.7. The first-order chi connectivity index (χ1) is 17.4. The first-order valence-corrected chi connectivity index (χ1v) is 12.9. The second-order valence-corrected chi connectivity index (χ2v) is 9.85. The molecule has 1 aliphatic heterocycles. The fourth-order valence-electron chi connectivity index (χ4n) is 3.64. The molecule has 4 aromatic rings. The summed E-state index contributed by atoms with van der Waals surface area (Å²) in [5.41, 5.74) is 4.49. The normalized spacial score (nSPS) is 12.5. The largest absolute Gasteiger partial charge is 0.326 e. The molecule has 0 unspecified atom stereocenters. The van der Waals surface area contributed by atoms with Crippen LogP contribution in [0.2, 0.25) is 0 Å². The number of hydrogen-bond acceptors (Lipinski definition) is 8. The summed E-state index contributed by atoms with van der Waals surface area (Å²) in [5.74, 6) is -0.346. The third-order valence-electron chi connectivity index (χ3n) is 5.43. The van der Waals surface area contributed by atoms with Gasteiger partial charge in [0.1, 0.15) is 6.33 Å². The maximum absolute atomic E-state index is 12.8. The Hall–Kier alpha value is -4.03. The van der Waals surface area contributed by atoms with Crippen LogP contribution in [-0.4, -0.2) is 43.2 Å². The van der Waals surface area contributed by atoms with E-state index in [9.17, 15) is 14.4 Å². The molecule has 12 heteroatoms. The molecule has 2 aromatic carbocycles. The Morgan fingerprint density at radius 1 is 1.17 bits per heavy atom. The highest BCUT2D eigenvalue weighted by Gasteiger charge is 2.17. The minimum absolute atomic E-state index is 0.0263. The summed E-state index contributed by atoms with van der Waals surface area (Å²) in [6, 6.07) is 12.5. The lowest BCUT2D eigenvalue weighted by Crippen LogP contribution is -2.18. The number of hydrogen-bond donors (Lipinski definition) is 3. The molecule has 0 saturated heterocycles. The molecule has 0 spiro atoms. The quantitative estimate of drug-likeness (QED) is 0.317. The van der Waals surface area contributed by atoms with E-state index >= 15 is 0 Å². The second-order valence-electron chi connectivity index (χ2n) is 8.05. The SMILES string of the molecule is Cn1cnnc1SCC(=O)Nc1cccc(C(=O)Nc2nc(-c3ccc4c(c3)CCC(=O)N4)cs2)c1. The molecule has 3 amide bonds. The molecule has 0 fully saturated rings.